The molecule has 4 rings (SSSR count). The number of rotatable bonds is 4. The van der Waals surface area contributed by atoms with E-state index in [0.29, 0.717) is 0 Å². The van der Waals surface area contributed by atoms with Gasteiger partial charge in [0.25, 0.3) is 0 Å². The largest absolute Gasteiger partial charge is 0.496 e. The van der Waals surface area contributed by atoms with Gasteiger partial charge in [0.15, 0.2) is 0 Å². The first-order valence-electron chi connectivity index (χ1n) is 8.41. The molecule has 1 aromatic carbocycles. The van der Waals surface area contributed by atoms with Crippen molar-refractivity contribution in [3.8, 4) is 5.75 Å². The number of hydrogen-bond acceptors (Lipinski definition) is 7. The SMILES string of the molecule is COc1cccc2ncnc(NC3CCCN(c4ncccn4)C3)c12. The Kier molecular flexibility index (Phi) is 4.28. The molecule has 1 aliphatic heterocycles. The number of fused-ring (bicyclic) bond motifs is 1. The lowest BCUT2D eigenvalue weighted by Gasteiger charge is -2.33. The molecule has 25 heavy (non-hydrogen) atoms. The van der Waals surface area contributed by atoms with Crippen LogP contribution >= 0.6 is 0 Å². The predicted octanol–water partition coefficient (Wildman–Crippen LogP) is 2.51. The maximum atomic E-state index is 5.50. The lowest BCUT2D eigenvalue weighted by atomic mass is 10.1. The van der Waals surface area contributed by atoms with Crippen molar-refractivity contribution in [3.63, 3.8) is 0 Å². The van der Waals surface area contributed by atoms with Gasteiger partial charge < -0.3 is 15.0 Å². The molecule has 3 heterocycles. The quantitative estimate of drug-likeness (QED) is 0.784. The summed E-state index contributed by atoms with van der Waals surface area (Å²) in [7, 11) is 1.67. The Morgan fingerprint density at radius 1 is 1.12 bits per heavy atom. The molecule has 1 atom stereocenters. The molecule has 2 aromatic heterocycles. The first-order chi connectivity index (χ1) is 12.3. The van der Waals surface area contributed by atoms with Crippen LogP contribution in [-0.2, 0) is 0 Å². The van der Waals surface area contributed by atoms with Crippen molar-refractivity contribution in [2.45, 2.75) is 18.9 Å². The van der Waals surface area contributed by atoms with Gasteiger partial charge in [0.2, 0.25) is 5.95 Å². The average Bonchev–Trinajstić information content (AvgIpc) is 2.68. The molecule has 1 aliphatic rings. The molecule has 7 nitrogen and oxygen atoms in total. The molecule has 0 saturated carbocycles. The molecule has 0 bridgehead atoms. The molecule has 0 radical (unpaired) electrons. The van der Waals surface area contributed by atoms with Gasteiger partial charge in [0, 0.05) is 31.5 Å². The number of aromatic nitrogens is 4. The van der Waals surface area contributed by atoms with Crippen molar-refractivity contribution < 1.29 is 4.74 Å². The summed E-state index contributed by atoms with van der Waals surface area (Å²) >= 11 is 0. The number of nitrogens with zero attached hydrogens (tertiary/aromatic N) is 5. The number of anilines is 2. The Hall–Kier alpha value is -2.96. The van der Waals surface area contributed by atoms with Crippen LogP contribution in [0.2, 0.25) is 0 Å². The molecule has 0 aliphatic carbocycles. The molecule has 128 valence electrons. The van der Waals surface area contributed by atoms with Gasteiger partial charge in [-0.3, -0.25) is 0 Å². The normalized spacial score (nSPS) is 17.5. The third kappa shape index (κ3) is 3.17. The molecule has 0 amide bonds. The van der Waals surface area contributed by atoms with Crippen molar-refractivity contribution in [2.75, 3.05) is 30.4 Å². The summed E-state index contributed by atoms with van der Waals surface area (Å²) in [5.74, 6) is 2.36. The highest BCUT2D eigenvalue weighted by Crippen LogP contribution is 2.30. The molecular weight excluding hydrogens is 316 g/mol. The highest BCUT2D eigenvalue weighted by molar-refractivity contribution is 5.94. The fraction of sp³-hybridized carbons (Fsp3) is 0.333. The summed E-state index contributed by atoms with van der Waals surface area (Å²) in [4.78, 5) is 19.7. The van der Waals surface area contributed by atoms with Crippen LogP contribution in [0.1, 0.15) is 12.8 Å². The van der Waals surface area contributed by atoms with Gasteiger partial charge in [-0.05, 0) is 31.0 Å². The summed E-state index contributed by atoms with van der Waals surface area (Å²) in [6.45, 7) is 1.81. The van der Waals surface area contributed by atoms with Gasteiger partial charge in [0.05, 0.1) is 18.0 Å². The van der Waals surface area contributed by atoms with E-state index < -0.39 is 0 Å². The number of methoxy groups -OCH3 is 1. The first kappa shape index (κ1) is 15.6. The van der Waals surface area contributed by atoms with E-state index in [-0.39, 0.29) is 6.04 Å². The van der Waals surface area contributed by atoms with Gasteiger partial charge in [-0.1, -0.05) is 6.07 Å². The fourth-order valence-corrected chi connectivity index (χ4v) is 3.28. The third-order valence-electron chi connectivity index (χ3n) is 4.44. The zero-order valence-corrected chi connectivity index (χ0v) is 14.1. The molecule has 0 spiro atoms. The summed E-state index contributed by atoms with van der Waals surface area (Å²) in [6, 6.07) is 7.94. The number of benzene rings is 1. The minimum absolute atomic E-state index is 0.264. The number of ether oxygens (including phenoxy) is 1. The lowest BCUT2D eigenvalue weighted by molar-refractivity contribution is 0.419. The second-order valence-electron chi connectivity index (χ2n) is 6.05. The van der Waals surface area contributed by atoms with E-state index in [1.54, 1.807) is 25.8 Å². The predicted molar refractivity (Wildman–Crippen MR) is 97.0 cm³/mol. The Balaban J connectivity index is 1.59. The smallest absolute Gasteiger partial charge is 0.225 e. The van der Waals surface area contributed by atoms with E-state index in [0.717, 1.165) is 54.3 Å². The lowest BCUT2D eigenvalue weighted by Crippen LogP contribution is -2.43. The zero-order chi connectivity index (χ0) is 17.1. The van der Waals surface area contributed by atoms with E-state index in [9.17, 15) is 0 Å². The maximum Gasteiger partial charge on any atom is 0.225 e. The minimum atomic E-state index is 0.264. The average molecular weight is 336 g/mol. The van der Waals surface area contributed by atoms with E-state index in [4.69, 9.17) is 4.74 Å². The van der Waals surface area contributed by atoms with E-state index in [1.165, 1.54) is 0 Å². The van der Waals surface area contributed by atoms with Gasteiger partial charge in [0.1, 0.15) is 17.9 Å². The second-order valence-corrected chi connectivity index (χ2v) is 6.05. The standard InChI is InChI=1S/C18H20N6O/c1-25-15-7-2-6-14-16(15)17(22-12-21-14)23-13-5-3-10-24(11-13)18-19-8-4-9-20-18/h2,4,6-9,12-13H,3,5,10-11H2,1H3,(H,21,22,23). The monoisotopic (exact) mass is 336 g/mol. The number of nitrogens with one attached hydrogen (secondary N) is 1. The van der Waals surface area contributed by atoms with Crippen LogP contribution < -0.4 is 15.0 Å². The van der Waals surface area contributed by atoms with Gasteiger partial charge in [-0.25, -0.2) is 19.9 Å². The van der Waals surface area contributed by atoms with Crippen LogP contribution in [0, 0.1) is 0 Å². The van der Waals surface area contributed by atoms with Crippen molar-refractivity contribution >= 4 is 22.7 Å². The van der Waals surface area contributed by atoms with Crippen LogP contribution in [0.3, 0.4) is 0 Å². The first-order valence-corrected chi connectivity index (χ1v) is 8.41. The topological polar surface area (TPSA) is 76.1 Å². The van der Waals surface area contributed by atoms with Crippen LogP contribution in [0.15, 0.2) is 43.0 Å². The van der Waals surface area contributed by atoms with Gasteiger partial charge in [-0.15, -0.1) is 0 Å². The Morgan fingerprint density at radius 2 is 2.00 bits per heavy atom. The van der Waals surface area contributed by atoms with Gasteiger partial charge in [-0.2, -0.15) is 0 Å². The maximum absolute atomic E-state index is 5.50. The molecule has 1 saturated heterocycles. The van der Waals surface area contributed by atoms with Crippen molar-refractivity contribution in [2.24, 2.45) is 0 Å². The van der Waals surface area contributed by atoms with Gasteiger partial charge >= 0.3 is 0 Å². The zero-order valence-electron chi connectivity index (χ0n) is 14.1. The van der Waals surface area contributed by atoms with E-state index >= 15 is 0 Å². The van der Waals surface area contributed by atoms with E-state index in [2.05, 4.69) is 30.2 Å². The molecule has 1 N–H and O–H groups in total. The molecule has 7 heteroatoms. The van der Waals surface area contributed by atoms with Crippen LogP contribution in [-0.4, -0.2) is 46.2 Å². The molecular formula is C18H20N6O. The molecule has 1 unspecified atom stereocenters. The number of hydrogen-bond donors (Lipinski definition) is 1. The van der Waals surface area contributed by atoms with Crippen molar-refractivity contribution in [3.05, 3.63) is 43.0 Å². The Bertz CT molecular complexity index is 851. The van der Waals surface area contributed by atoms with Crippen molar-refractivity contribution in [1.29, 1.82) is 0 Å². The van der Waals surface area contributed by atoms with E-state index in [1.807, 2.05) is 24.3 Å². The van der Waals surface area contributed by atoms with Crippen LogP contribution in [0.25, 0.3) is 10.9 Å². The summed E-state index contributed by atoms with van der Waals surface area (Å²) in [5, 5.41) is 4.49. The van der Waals surface area contributed by atoms with Crippen molar-refractivity contribution in [1.82, 2.24) is 19.9 Å². The summed E-state index contributed by atoms with van der Waals surface area (Å²) < 4.78 is 5.50. The van der Waals surface area contributed by atoms with Crippen LogP contribution in [0.5, 0.6) is 5.75 Å². The third-order valence-corrected chi connectivity index (χ3v) is 4.44. The second kappa shape index (κ2) is 6.88. The highest BCUT2D eigenvalue weighted by atomic mass is 16.5. The molecule has 3 aromatic rings. The minimum Gasteiger partial charge on any atom is -0.496 e. The number of piperidine rings is 1. The highest BCUT2D eigenvalue weighted by Gasteiger charge is 2.23. The Labute approximate surface area is 146 Å². The molecule has 1 fully saturated rings. The fourth-order valence-electron chi connectivity index (χ4n) is 3.28. The summed E-state index contributed by atoms with van der Waals surface area (Å²) in [6.07, 6.45) is 7.30. The van der Waals surface area contributed by atoms with Crippen LogP contribution in [0.4, 0.5) is 11.8 Å². The summed E-state index contributed by atoms with van der Waals surface area (Å²) in [5.41, 5.74) is 0.871. The Morgan fingerprint density at radius 3 is 2.84 bits per heavy atom.